The van der Waals surface area contributed by atoms with Crippen molar-refractivity contribution < 1.29 is 13.9 Å². The Morgan fingerprint density at radius 2 is 2.03 bits per heavy atom. The van der Waals surface area contributed by atoms with Crippen LogP contribution in [0.4, 0.5) is 5.95 Å². The quantitative estimate of drug-likeness (QED) is 0.505. The molecule has 0 spiro atoms. The normalized spacial score (nSPS) is 10.7. The van der Waals surface area contributed by atoms with E-state index in [1.54, 1.807) is 49.6 Å². The zero-order valence-electron chi connectivity index (χ0n) is 15.5. The van der Waals surface area contributed by atoms with Crippen LogP contribution >= 0.6 is 11.6 Å². The smallest absolute Gasteiger partial charge is 0.281 e. The number of methoxy groups -OCH3 is 1. The molecule has 146 valence electrons. The fourth-order valence-electron chi connectivity index (χ4n) is 2.78. The fourth-order valence-corrected chi connectivity index (χ4v) is 3.00. The lowest BCUT2D eigenvalue weighted by Gasteiger charge is -2.08. The summed E-state index contributed by atoms with van der Waals surface area (Å²) in [6.07, 6.45) is 1.53. The predicted molar refractivity (Wildman–Crippen MR) is 109 cm³/mol. The highest BCUT2D eigenvalue weighted by molar-refractivity contribution is 6.30. The SMILES string of the molecule is COc1cccc(C(=O)n2nc(-c3ccco3)nc2NCc2cccc(Cl)c2)c1. The minimum Gasteiger partial charge on any atom is -0.497 e. The van der Waals surface area contributed by atoms with Crippen molar-refractivity contribution in [1.29, 1.82) is 0 Å². The first kappa shape index (κ1) is 18.8. The van der Waals surface area contributed by atoms with Gasteiger partial charge in [0.15, 0.2) is 5.76 Å². The van der Waals surface area contributed by atoms with Crippen molar-refractivity contribution in [3.8, 4) is 17.3 Å². The summed E-state index contributed by atoms with van der Waals surface area (Å²) >= 11 is 6.05. The summed E-state index contributed by atoms with van der Waals surface area (Å²) in [6, 6.07) is 17.8. The first-order valence-corrected chi connectivity index (χ1v) is 9.20. The van der Waals surface area contributed by atoms with Gasteiger partial charge in [-0.15, -0.1) is 5.10 Å². The first-order valence-electron chi connectivity index (χ1n) is 8.82. The third-order valence-electron chi connectivity index (χ3n) is 4.20. The first-order chi connectivity index (χ1) is 14.1. The summed E-state index contributed by atoms with van der Waals surface area (Å²) < 4.78 is 11.8. The van der Waals surface area contributed by atoms with Crippen LogP contribution in [0.15, 0.2) is 71.3 Å². The molecule has 2 aromatic heterocycles. The van der Waals surface area contributed by atoms with Gasteiger partial charge in [0.25, 0.3) is 5.91 Å². The van der Waals surface area contributed by atoms with Gasteiger partial charge >= 0.3 is 0 Å². The lowest BCUT2D eigenvalue weighted by Crippen LogP contribution is -2.17. The Kier molecular flexibility index (Phi) is 5.31. The molecule has 0 bridgehead atoms. The summed E-state index contributed by atoms with van der Waals surface area (Å²) in [5, 5.41) is 8.14. The number of benzene rings is 2. The summed E-state index contributed by atoms with van der Waals surface area (Å²) in [4.78, 5) is 17.5. The largest absolute Gasteiger partial charge is 0.497 e. The van der Waals surface area contributed by atoms with Crippen LogP contribution in [0.25, 0.3) is 11.6 Å². The molecule has 0 amide bonds. The van der Waals surface area contributed by atoms with Gasteiger partial charge in [0, 0.05) is 17.1 Å². The number of carbonyl (C=O) groups is 1. The number of nitrogens with zero attached hydrogens (tertiary/aromatic N) is 3. The number of aromatic nitrogens is 3. The van der Waals surface area contributed by atoms with Crippen molar-refractivity contribution in [3.63, 3.8) is 0 Å². The molecule has 0 saturated heterocycles. The molecule has 0 atom stereocenters. The fraction of sp³-hybridized carbons (Fsp3) is 0.0952. The number of furan rings is 1. The van der Waals surface area contributed by atoms with Crippen molar-refractivity contribution in [2.24, 2.45) is 0 Å². The Balaban J connectivity index is 1.68. The van der Waals surface area contributed by atoms with E-state index in [9.17, 15) is 4.79 Å². The van der Waals surface area contributed by atoms with Crippen LogP contribution in [0.1, 0.15) is 15.9 Å². The molecule has 0 fully saturated rings. The summed E-state index contributed by atoms with van der Waals surface area (Å²) in [6.45, 7) is 0.419. The maximum absolute atomic E-state index is 13.1. The van der Waals surface area contributed by atoms with E-state index in [0.717, 1.165) is 5.56 Å². The van der Waals surface area contributed by atoms with E-state index in [1.807, 2.05) is 18.2 Å². The lowest BCUT2D eigenvalue weighted by atomic mass is 10.2. The van der Waals surface area contributed by atoms with E-state index in [2.05, 4.69) is 15.4 Å². The van der Waals surface area contributed by atoms with Gasteiger partial charge in [0.1, 0.15) is 5.75 Å². The monoisotopic (exact) mass is 408 g/mol. The van der Waals surface area contributed by atoms with Crippen LogP contribution in [0.5, 0.6) is 5.75 Å². The van der Waals surface area contributed by atoms with Crippen LogP contribution in [-0.2, 0) is 6.54 Å². The molecular weight excluding hydrogens is 392 g/mol. The molecule has 1 N–H and O–H groups in total. The Morgan fingerprint density at radius 3 is 2.79 bits per heavy atom. The van der Waals surface area contributed by atoms with Gasteiger partial charge in [-0.25, -0.2) is 0 Å². The van der Waals surface area contributed by atoms with Crippen LogP contribution in [-0.4, -0.2) is 27.8 Å². The topological polar surface area (TPSA) is 82.2 Å². The Bertz CT molecular complexity index is 1140. The number of rotatable bonds is 6. The van der Waals surface area contributed by atoms with Crippen molar-refractivity contribution in [2.75, 3.05) is 12.4 Å². The van der Waals surface area contributed by atoms with E-state index in [0.29, 0.717) is 40.4 Å². The van der Waals surface area contributed by atoms with Crippen molar-refractivity contribution >= 4 is 23.5 Å². The van der Waals surface area contributed by atoms with Gasteiger partial charge in [-0.1, -0.05) is 29.8 Å². The molecule has 4 rings (SSSR count). The zero-order chi connectivity index (χ0) is 20.2. The van der Waals surface area contributed by atoms with Crippen LogP contribution in [0.2, 0.25) is 5.02 Å². The maximum Gasteiger partial charge on any atom is 0.281 e. The van der Waals surface area contributed by atoms with E-state index in [1.165, 1.54) is 10.9 Å². The number of hydrogen-bond acceptors (Lipinski definition) is 6. The molecule has 7 nitrogen and oxygen atoms in total. The van der Waals surface area contributed by atoms with E-state index >= 15 is 0 Å². The zero-order valence-corrected chi connectivity index (χ0v) is 16.3. The molecule has 0 unspecified atom stereocenters. The second-order valence-electron chi connectivity index (χ2n) is 6.17. The second-order valence-corrected chi connectivity index (χ2v) is 6.61. The molecule has 4 aromatic rings. The number of ether oxygens (including phenoxy) is 1. The van der Waals surface area contributed by atoms with Crippen molar-refractivity contribution in [2.45, 2.75) is 6.54 Å². The number of nitrogens with one attached hydrogen (secondary N) is 1. The van der Waals surface area contributed by atoms with Crippen molar-refractivity contribution in [3.05, 3.63) is 83.1 Å². The number of hydrogen-bond donors (Lipinski definition) is 1. The van der Waals surface area contributed by atoms with E-state index in [4.69, 9.17) is 20.8 Å². The highest BCUT2D eigenvalue weighted by atomic mass is 35.5. The van der Waals surface area contributed by atoms with Crippen LogP contribution < -0.4 is 10.1 Å². The number of anilines is 1. The molecule has 0 aliphatic heterocycles. The average molecular weight is 409 g/mol. The molecule has 2 heterocycles. The summed E-state index contributed by atoms with van der Waals surface area (Å²) in [5.74, 6) is 1.30. The number of halogens is 1. The third-order valence-corrected chi connectivity index (χ3v) is 4.43. The molecule has 29 heavy (non-hydrogen) atoms. The average Bonchev–Trinajstić information content (AvgIpc) is 3.42. The van der Waals surface area contributed by atoms with Crippen LogP contribution in [0.3, 0.4) is 0 Å². The molecular formula is C21H17ClN4O3. The van der Waals surface area contributed by atoms with Gasteiger partial charge < -0.3 is 14.5 Å². The molecule has 2 aromatic carbocycles. The van der Waals surface area contributed by atoms with Gasteiger partial charge in [-0.3, -0.25) is 4.79 Å². The molecule has 0 aliphatic rings. The Hall–Kier alpha value is -3.58. The van der Waals surface area contributed by atoms with Gasteiger partial charge in [-0.2, -0.15) is 9.67 Å². The standard InChI is InChI=1S/C21H17ClN4O3/c1-28-17-8-3-6-15(12-17)20(27)26-21(23-13-14-5-2-7-16(22)11-14)24-19(25-26)18-9-4-10-29-18/h2-12H,13H2,1H3,(H,23,24,25). The Labute approximate surface area is 171 Å². The molecule has 0 radical (unpaired) electrons. The minimum atomic E-state index is -0.345. The van der Waals surface area contributed by atoms with Crippen LogP contribution in [0, 0.1) is 0 Å². The van der Waals surface area contributed by atoms with Crippen molar-refractivity contribution in [1.82, 2.24) is 14.8 Å². The third kappa shape index (κ3) is 4.14. The maximum atomic E-state index is 13.1. The lowest BCUT2D eigenvalue weighted by molar-refractivity contribution is 0.0947. The molecule has 8 heteroatoms. The van der Waals surface area contributed by atoms with Gasteiger partial charge in [0.05, 0.1) is 13.4 Å². The predicted octanol–water partition coefficient (Wildman–Crippen LogP) is 4.50. The summed E-state index contributed by atoms with van der Waals surface area (Å²) in [5.41, 5.74) is 1.37. The van der Waals surface area contributed by atoms with E-state index in [-0.39, 0.29) is 5.91 Å². The van der Waals surface area contributed by atoms with Gasteiger partial charge in [0.2, 0.25) is 11.8 Å². The minimum absolute atomic E-state index is 0.296. The second kappa shape index (κ2) is 8.20. The summed E-state index contributed by atoms with van der Waals surface area (Å²) in [7, 11) is 1.55. The molecule has 0 saturated carbocycles. The van der Waals surface area contributed by atoms with E-state index < -0.39 is 0 Å². The van der Waals surface area contributed by atoms with Gasteiger partial charge in [-0.05, 0) is 48.0 Å². The highest BCUT2D eigenvalue weighted by Crippen LogP contribution is 2.21. The Morgan fingerprint density at radius 1 is 1.17 bits per heavy atom. The molecule has 0 aliphatic carbocycles. The highest BCUT2D eigenvalue weighted by Gasteiger charge is 2.20. The number of carbonyl (C=O) groups excluding carboxylic acids is 1.